The third kappa shape index (κ3) is 4.94. The van der Waals surface area contributed by atoms with Gasteiger partial charge in [-0.05, 0) is 35.2 Å². The first-order valence-electron chi connectivity index (χ1n) is 10.6. The van der Waals surface area contributed by atoms with E-state index in [2.05, 4.69) is 16.9 Å². The number of nitrogens with zero attached hydrogens (tertiary/aromatic N) is 3. The molecular weight excluding hydrogens is 414 g/mol. The van der Waals surface area contributed by atoms with E-state index in [1.54, 1.807) is 29.7 Å². The van der Waals surface area contributed by atoms with Crippen molar-refractivity contribution in [1.82, 2.24) is 14.3 Å². The van der Waals surface area contributed by atoms with E-state index in [9.17, 15) is 14.7 Å². The van der Waals surface area contributed by atoms with Gasteiger partial charge < -0.3 is 5.11 Å². The third-order valence-corrected chi connectivity index (χ3v) is 5.36. The largest absolute Gasteiger partial charge is 0.478 e. The van der Waals surface area contributed by atoms with Crippen LogP contribution >= 0.6 is 0 Å². The maximum absolute atomic E-state index is 13.1. The van der Waals surface area contributed by atoms with Crippen LogP contribution in [-0.2, 0) is 19.5 Å². The lowest BCUT2D eigenvalue weighted by Crippen LogP contribution is -2.26. The Morgan fingerprint density at radius 3 is 2.27 bits per heavy atom. The number of carboxylic acids is 1. The van der Waals surface area contributed by atoms with Gasteiger partial charge in [0.1, 0.15) is 5.82 Å². The molecule has 0 aliphatic carbocycles. The fourth-order valence-corrected chi connectivity index (χ4v) is 3.70. The maximum Gasteiger partial charge on any atom is 0.346 e. The predicted octanol–water partition coefficient (Wildman–Crippen LogP) is 4.07. The highest BCUT2D eigenvalue weighted by Crippen LogP contribution is 2.24. The summed E-state index contributed by atoms with van der Waals surface area (Å²) in [6.07, 6.45) is 0.387. The number of aromatic nitrogens is 3. The van der Waals surface area contributed by atoms with Crippen molar-refractivity contribution in [2.75, 3.05) is 0 Å². The number of rotatable bonds is 7. The number of hydrogen-bond acceptors (Lipinski definition) is 3. The van der Waals surface area contributed by atoms with E-state index >= 15 is 0 Å². The summed E-state index contributed by atoms with van der Waals surface area (Å²) in [4.78, 5) is 24.7. The lowest BCUT2D eigenvalue weighted by Gasteiger charge is -2.08. The van der Waals surface area contributed by atoms with Gasteiger partial charge in [0.2, 0.25) is 0 Å². The fourth-order valence-electron chi connectivity index (χ4n) is 3.70. The summed E-state index contributed by atoms with van der Waals surface area (Å²) in [6, 6.07) is 24.2. The zero-order valence-electron chi connectivity index (χ0n) is 18.2. The van der Waals surface area contributed by atoms with Crippen LogP contribution in [0.3, 0.4) is 0 Å². The number of benzene rings is 3. The highest BCUT2D eigenvalue weighted by molar-refractivity contribution is 5.95. The summed E-state index contributed by atoms with van der Waals surface area (Å²) in [7, 11) is 0. The molecule has 0 amide bonds. The maximum atomic E-state index is 13.1. The van der Waals surface area contributed by atoms with Crippen molar-refractivity contribution in [3.05, 3.63) is 112 Å². The average molecular weight is 437 g/mol. The molecule has 0 aliphatic rings. The van der Waals surface area contributed by atoms with E-state index in [1.807, 2.05) is 60.7 Å². The second-order valence-corrected chi connectivity index (χ2v) is 7.58. The minimum absolute atomic E-state index is 0.188. The van der Waals surface area contributed by atoms with Gasteiger partial charge in [-0.15, -0.1) is 5.92 Å². The number of carboxylic acid groups (broad SMARTS) is 1. The molecule has 4 rings (SSSR count). The van der Waals surface area contributed by atoms with Crippen LogP contribution in [0, 0.1) is 11.8 Å². The molecule has 0 saturated carbocycles. The van der Waals surface area contributed by atoms with Gasteiger partial charge in [-0.2, -0.15) is 5.10 Å². The van der Waals surface area contributed by atoms with E-state index in [1.165, 1.54) is 4.68 Å². The van der Waals surface area contributed by atoms with Crippen LogP contribution in [-0.4, -0.2) is 25.4 Å². The van der Waals surface area contributed by atoms with Crippen molar-refractivity contribution < 1.29 is 9.90 Å². The molecule has 0 radical (unpaired) electrons. The summed E-state index contributed by atoms with van der Waals surface area (Å²) in [5.74, 6) is 5.52. The van der Waals surface area contributed by atoms with Gasteiger partial charge in [0.05, 0.1) is 25.1 Å². The van der Waals surface area contributed by atoms with Crippen LogP contribution in [0.25, 0.3) is 11.1 Å². The second-order valence-electron chi connectivity index (χ2n) is 7.58. The lowest BCUT2D eigenvalue weighted by molar-refractivity contribution is 0.0697. The molecule has 4 aromatic rings. The lowest BCUT2D eigenvalue weighted by atomic mass is 9.99. The van der Waals surface area contributed by atoms with E-state index in [0.29, 0.717) is 30.9 Å². The average Bonchev–Trinajstić information content (AvgIpc) is 3.13. The van der Waals surface area contributed by atoms with Crippen LogP contribution < -0.4 is 5.69 Å². The van der Waals surface area contributed by atoms with Crippen molar-refractivity contribution >= 4 is 5.97 Å². The topological polar surface area (TPSA) is 77.1 Å². The van der Waals surface area contributed by atoms with Crippen LogP contribution in [0.1, 0.15) is 34.2 Å². The van der Waals surface area contributed by atoms with Gasteiger partial charge in [-0.25, -0.2) is 14.3 Å². The highest BCUT2D eigenvalue weighted by Gasteiger charge is 2.14. The summed E-state index contributed by atoms with van der Waals surface area (Å²) < 4.78 is 3.12. The molecule has 0 fully saturated rings. The third-order valence-electron chi connectivity index (χ3n) is 5.36. The molecule has 0 bridgehead atoms. The first-order chi connectivity index (χ1) is 16.1. The SMILES string of the molecule is CC#CCc1nn(Cc2ccccc2)c(=O)n1Cc1ccc(-c2ccccc2C(=O)O)cc1. The molecule has 6 nitrogen and oxygen atoms in total. The van der Waals surface area contributed by atoms with Crippen LogP contribution in [0.2, 0.25) is 0 Å². The molecule has 0 unspecified atom stereocenters. The van der Waals surface area contributed by atoms with Crippen LogP contribution in [0.15, 0.2) is 83.7 Å². The molecule has 0 aliphatic heterocycles. The Kier molecular flexibility index (Phi) is 6.51. The highest BCUT2D eigenvalue weighted by atomic mass is 16.4. The van der Waals surface area contributed by atoms with Crippen molar-refractivity contribution in [3.8, 4) is 23.0 Å². The Morgan fingerprint density at radius 1 is 0.909 bits per heavy atom. The summed E-state index contributed by atoms with van der Waals surface area (Å²) in [5, 5.41) is 14.0. The second kappa shape index (κ2) is 9.84. The Labute approximate surface area is 191 Å². The van der Waals surface area contributed by atoms with Gasteiger partial charge in [0.15, 0.2) is 0 Å². The van der Waals surface area contributed by atoms with Gasteiger partial charge in [-0.1, -0.05) is 78.7 Å². The Morgan fingerprint density at radius 2 is 1.58 bits per heavy atom. The monoisotopic (exact) mass is 437 g/mol. The van der Waals surface area contributed by atoms with E-state index in [-0.39, 0.29) is 11.3 Å². The van der Waals surface area contributed by atoms with Gasteiger partial charge >= 0.3 is 11.7 Å². The number of hydrogen-bond donors (Lipinski definition) is 1. The summed E-state index contributed by atoms with van der Waals surface area (Å²) >= 11 is 0. The zero-order valence-corrected chi connectivity index (χ0v) is 18.2. The van der Waals surface area contributed by atoms with Crippen molar-refractivity contribution in [1.29, 1.82) is 0 Å². The Bertz CT molecular complexity index is 1390. The number of carbonyl (C=O) groups is 1. The fraction of sp³-hybridized carbons (Fsp3) is 0.148. The van der Waals surface area contributed by atoms with E-state index < -0.39 is 5.97 Å². The summed E-state index contributed by atoms with van der Waals surface area (Å²) in [6.45, 7) is 2.51. The molecule has 0 spiro atoms. The zero-order chi connectivity index (χ0) is 23.2. The minimum atomic E-state index is -0.964. The first-order valence-corrected chi connectivity index (χ1v) is 10.6. The normalized spacial score (nSPS) is 10.5. The molecule has 1 aromatic heterocycles. The Balaban J connectivity index is 1.63. The minimum Gasteiger partial charge on any atom is -0.478 e. The van der Waals surface area contributed by atoms with Crippen molar-refractivity contribution in [2.24, 2.45) is 0 Å². The van der Waals surface area contributed by atoms with E-state index in [4.69, 9.17) is 0 Å². The van der Waals surface area contributed by atoms with Gasteiger partial charge in [0.25, 0.3) is 0 Å². The van der Waals surface area contributed by atoms with Crippen molar-refractivity contribution in [2.45, 2.75) is 26.4 Å². The Hall–Kier alpha value is -4.37. The number of aromatic carboxylic acids is 1. The van der Waals surface area contributed by atoms with Crippen LogP contribution in [0.5, 0.6) is 0 Å². The van der Waals surface area contributed by atoms with Crippen LogP contribution in [0.4, 0.5) is 0 Å². The van der Waals surface area contributed by atoms with Crippen molar-refractivity contribution in [3.63, 3.8) is 0 Å². The molecule has 1 N–H and O–H groups in total. The molecule has 6 heteroatoms. The molecule has 1 heterocycles. The van der Waals surface area contributed by atoms with Gasteiger partial charge in [0, 0.05) is 0 Å². The molecular formula is C27H23N3O3. The standard InChI is InChI=1S/C27H23N3O3/c1-2-3-13-25-28-30(19-20-9-5-4-6-10-20)27(33)29(25)18-21-14-16-22(17-15-21)23-11-7-8-12-24(23)26(31)32/h4-12,14-17H,13,18-19H2,1H3,(H,31,32). The quantitative estimate of drug-likeness (QED) is 0.442. The van der Waals surface area contributed by atoms with E-state index in [0.717, 1.165) is 16.7 Å². The molecule has 0 saturated heterocycles. The predicted molar refractivity (Wildman–Crippen MR) is 127 cm³/mol. The molecule has 164 valence electrons. The molecule has 33 heavy (non-hydrogen) atoms. The first kappa shape index (κ1) is 21.8. The van der Waals surface area contributed by atoms with Gasteiger partial charge in [-0.3, -0.25) is 4.57 Å². The summed E-state index contributed by atoms with van der Waals surface area (Å²) in [5.41, 5.74) is 3.44. The smallest absolute Gasteiger partial charge is 0.346 e. The molecule has 0 atom stereocenters. The molecule has 3 aromatic carbocycles.